The Kier molecular flexibility index (Phi) is 8.09. The second-order valence-electron chi connectivity index (χ2n) is 5.75. The van der Waals surface area contributed by atoms with Crippen LogP contribution in [-0.4, -0.2) is 47.0 Å². The van der Waals surface area contributed by atoms with E-state index >= 15 is 0 Å². The highest BCUT2D eigenvalue weighted by Gasteiger charge is 2.26. The minimum absolute atomic E-state index is 0. The van der Waals surface area contributed by atoms with E-state index in [0.717, 1.165) is 24.2 Å². The van der Waals surface area contributed by atoms with Gasteiger partial charge in [0, 0.05) is 38.6 Å². The quantitative estimate of drug-likeness (QED) is 0.876. The number of piperazine rings is 1. The Bertz CT molecular complexity index is 660. The number of carbonyl (C=O) groups excluding carboxylic acids is 1. The molecule has 0 bridgehead atoms. The molecule has 2 heterocycles. The molecule has 0 saturated carbocycles. The summed E-state index contributed by atoms with van der Waals surface area (Å²) < 4.78 is 0. The van der Waals surface area contributed by atoms with Crippen molar-refractivity contribution in [2.45, 2.75) is 13.0 Å². The van der Waals surface area contributed by atoms with Crippen LogP contribution in [0.3, 0.4) is 0 Å². The molecule has 136 valence electrons. The van der Waals surface area contributed by atoms with Crippen molar-refractivity contribution < 1.29 is 4.79 Å². The van der Waals surface area contributed by atoms with Crippen LogP contribution in [0.4, 0.5) is 5.95 Å². The smallest absolute Gasteiger partial charge is 0.244 e. The SMILES string of the molecule is Cc1ccc(C(N)C(=O)N2CCN(c3ncccn3)CC2)cc1.Cl.Cl. The van der Waals surface area contributed by atoms with Gasteiger partial charge in [-0.25, -0.2) is 9.97 Å². The van der Waals surface area contributed by atoms with Gasteiger partial charge in [-0.05, 0) is 18.6 Å². The molecule has 1 amide bonds. The summed E-state index contributed by atoms with van der Waals surface area (Å²) in [4.78, 5) is 25.0. The van der Waals surface area contributed by atoms with Crippen molar-refractivity contribution in [1.29, 1.82) is 0 Å². The maximum Gasteiger partial charge on any atom is 0.244 e. The summed E-state index contributed by atoms with van der Waals surface area (Å²) in [7, 11) is 0. The summed E-state index contributed by atoms with van der Waals surface area (Å²) >= 11 is 0. The van der Waals surface area contributed by atoms with Gasteiger partial charge >= 0.3 is 0 Å². The van der Waals surface area contributed by atoms with Gasteiger partial charge in [0.15, 0.2) is 0 Å². The summed E-state index contributed by atoms with van der Waals surface area (Å²) in [6.45, 7) is 4.72. The molecule has 2 aromatic rings. The number of anilines is 1. The molecular weight excluding hydrogens is 361 g/mol. The molecule has 1 aliphatic rings. The minimum Gasteiger partial charge on any atom is -0.337 e. The van der Waals surface area contributed by atoms with Crippen LogP contribution in [0, 0.1) is 6.92 Å². The molecule has 1 aromatic carbocycles. The molecule has 1 fully saturated rings. The third kappa shape index (κ3) is 5.04. The molecule has 0 aliphatic carbocycles. The average molecular weight is 384 g/mol. The number of hydrogen-bond acceptors (Lipinski definition) is 5. The number of amides is 1. The van der Waals surface area contributed by atoms with E-state index < -0.39 is 6.04 Å². The molecule has 1 saturated heterocycles. The van der Waals surface area contributed by atoms with Crippen molar-refractivity contribution in [1.82, 2.24) is 14.9 Å². The van der Waals surface area contributed by atoms with Crippen LogP contribution >= 0.6 is 24.8 Å². The van der Waals surface area contributed by atoms with Gasteiger partial charge < -0.3 is 15.5 Å². The van der Waals surface area contributed by atoms with Crippen LogP contribution in [0.15, 0.2) is 42.7 Å². The number of aromatic nitrogens is 2. The van der Waals surface area contributed by atoms with E-state index in [0.29, 0.717) is 19.0 Å². The highest BCUT2D eigenvalue weighted by Crippen LogP contribution is 2.17. The van der Waals surface area contributed by atoms with Gasteiger partial charge in [-0.15, -0.1) is 24.8 Å². The third-order valence-electron chi connectivity index (χ3n) is 4.13. The van der Waals surface area contributed by atoms with E-state index in [-0.39, 0.29) is 30.7 Å². The largest absolute Gasteiger partial charge is 0.337 e. The van der Waals surface area contributed by atoms with E-state index in [1.807, 2.05) is 36.1 Å². The van der Waals surface area contributed by atoms with Crippen molar-refractivity contribution in [2.24, 2.45) is 5.73 Å². The first-order valence-corrected chi connectivity index (χ1v) is 7.78. The zero-order chi connectivity index (χ0) is 16.2. The molecule has 0 spiro atoms. The highest BCUT2D eigenvalue weighted by molar-refractivity contribution is 5.85. The number of benzene rings is 1. The highest BCUT2D eigenvalue weighted by atomic mass is 35.5. The lowest BCUT2D eigenvalue weighted by molar-refractivity contribution is -0.133. The Labute approximate surface area is 160 Å². The van der Waals surface area contributed by atoms with Gasteiger partial charge in [0.25, 0.3) is 0 Å². The number of hydrogen-bond donors (Lipinski definition) is 1. The van der Waals surface area contributed by atoms with Crippen LogP contribution in [0.5, 0.6) is 0 Å². The first kappa shape index (κ1) is 21.2. The number of halogens is 2. The number of aryl methyl sites for hydroxylation is 1. The van der Waals surface area contributed by atoms with E-state index in [1.54, 1.807) is 18.5 Å². The maximum absolute atomic E-state index is 12.6. The lowest BCUT2D eigenvalue weighted by Gasteiger charge is -2.35. The van der Waals surface area contributed by atoms with Crippen molar-refractivity contribution in [3.05, 3.63) is 53.9 Å². The van der Waals surface area contributed by atoms with Crippen molar-refractivity contribution in [2.75, 3.05) is 31.1 Å². The Morgan fingerprint density at radius 1 is 1.04 bits per heavy atom. The lowest BCUT2D eigenvalue weighted by atomic mass is 10.0. The van der Waals surface area contributed by atoms with Gasteiger partial charge in [-0.2, -0.15) is 0 Å². The van der Waals surface area contributed by atoms with E-state index in [9.17, 15) is 4.79 Å². The Morgan fingerprint density at radius 2 is 1.60 bits per heavy atom. The molecule has 3 rings (SSSR count). The first-order chi connectivity index (χ1) is 11.1. The van der Waals surface area contributed by atoms with Gasteiger partial charge in [-0.1, -0.05) is 29.8 Å². The van der Waals surface area contributed by atoms with Gasteiger partial charge in [0.05, 0.1) is 0 Å². The number of nitrogens with two attached hydrogens (primary N) is 1. The van der Waals surface area contributed by atoms with E-state index in [4.69, 9.17) is 5.73 Å². The fourth-order valence-corrected chi connectivity index (χ4v) is 2.69. The number of carbonyl (C=O) groups is 1. The number of rotatable bonds is 3. The summed E-state index contributed by atoms with van der Waals surface area (Å²) in [6.07, 6.45) is 3.46. The van der Waals surface area contributed by atoms with E-state index in [2.05, 4.69) is 14.9 Å². The van der Waals surface area contributed by atoms with Gasteiger partial charge in [-0.3, -0.25) is 4.79 Å². The molecule has 2 N–H and O–H groups in total. The Morgan fingerprint density at radius 3 is 2.16 bits per heavy atom. The summed E-state index contributed by atoms with van der Waals surface area (Å²) in [5.74, 6) is 0.685. The van der Waals surface area contributed by atoms with Crippen LogP contribution in [0.25, 0.3) is 0 Å². The Hall–Kier alpha value is -1.89. The zero-order valence-corrected chi connectivity index (χ0v) is 15.7. The van der Waals surface area contributed by atoms with Crippen molar-refractivity contribution in [3.8, 4) is 0 Å². The molecule has 1 aromatic heterocycles. The average Bonchev–Trinajstić information content (AvgIpc) is 2.62. The predicted molar refractivity (Wildman–Crippen MR) is 103 cm³/mol. The summed E-state index contributed by atoms with van der Waals surface area (Å²) in [6, 6.07) is 9.00. The number of nitrogens with zero attached hydrogens (tertiary/aromatic N) is 4. The third-order valence-corrected chi connectivity index (χ3v) is 4.13. The summed E-state index contributed by atoms with van der Waals surface area (Å²) in [5.41, 5.74) is 8.15. The molecule has 25 heavy (non-hydrogen) atoms. The molecule has 1 aliphatic heterocycles. The van der Waals surface area contributed by atoms with Crippen LogP contribution in [-0.2, 0) is 4.79 Å². The molecule has 6 nitrogen and oxygen atoms in total. The van der Waals surface area contributed by atoms with E-state index in [1.165, 1.54) is 0 Å². The second-order valence-corrected chi connectivity index (χ2v) is 5.75. The van der Waals surface area contributed by atoms with Gasteiger partial charge in [0.2, 0.25) is 11.9 Å². The van der Waals surface area contributed by atoms with Crippen molar-refractivity contribution in [3.63, 3.8) is 0 Å². The second kappa shape index (κ2) is 9.56. The monoisotopic (exact) mass is 383 g/mol. The molecular formula is C17H23Cl2N5O. The molecule has 1 atom stereocenters. The van der Waals surface area contributed by atoms with Crippen molar-refractivity contribution >= 4 is 36.7 Å². The fraction of sp³-hybridized carbons (Fsp3) is 0.353. The van der Waals surface area contributed by atoms with Crippen LogP contribution in [0.2, 0.25) is 0 Å². The predicted octanol–water partition coefficient (Wildman–Crippen LogP) is 1.98. The molecule has 0 radical (unpaired) electrons. The topological polar surface area (TPSA) is 75.4 Å². The minimum atomic E-state index is -0.602. The Balaban J connectivity index is 0.00000156. The van der Waals surface area contributed by atoms with Gasteiger partial charge in [0.1, 0.15) is 6.04 Å². The lowest BCUT2D eigenvalue weighted by Crippen LogP contribution is -2.51. The molecule has 1 unspecified atom stereocenters. The zero-order valence-electron chi connectivity index (χ0n) is 14.0. The summed E-state index contributed by atoms with van der Waals surface area (Å²) in [5, 5.41) is 0. The first-order valence-electron chi connectivity index (χ1n) is 7.78. The standard InChI is InChI=1S/C17H21N5O.2ClH/c1-13-3-5-14(6-4-13)15(18)16(23)21-9-11-22(12-10-21)17-19-7-2-8-20-17;;/h2-8,15H,9-12,18H2,1H3;2*1H. The molecule has 8 heteroatoms. The van der Waals surface area contributed by atoms with Crippen LogP contribution in [0.1, 0.15) is 17.2 Å². The maximum atomic E-state index is 12.6. The van der Waals surface area contributed by atoms with Crippen LogP contribution < -0.4 is 10.6 Å². The fourth-order valence-electron chi connectivity index (χ4n) is 2.69. The normalized spacial score (nSPS) is 15.0.